The summed E-state index contributed by atoms with van der Waals surface area (Å²) in [6.45, 7) is 1.36. The summed E-state index contributed by atoms with van der Waals surface area (Å²) in [7, 11) is 0. The second kappa shape index (κ2) is 28.6. The summed E-state index contributed by atoms with van der Waals surface area (Å²) in [6, 6.07) is 0. The third-order valence-corrected chi connectivity index (χ3v) is 4.38. The fraction of sp³-hybridized carbons (Fsp3) is 1.00. The van der Waals surface area contributed by atoms with Crippen LogP contribution in [-0.2, 0) is 0 Å². The van der Waals surface area contributed by atoms with Crippen LogP contribution in [0.2, 0.25) is 0 Å². The van der Waals surface area contributed by atoms with Crippen LogP contribution < -0.4 is 0 Å². The van der Waals surface area contributed by atoms with Gasteiger partial charge in [-0.1, -0.05) is 83.5 Å². The average molecular weight is 363 g/mol. The first-order valence-corrected chi connectivity index (χ1v) is 10.8. The second-order valence-corrected chi connectivity index (χ2v) is 6.90. The van der Waals surface area contributed by atoms with E-state index in [2.05, 4.69) is 0 Å². The van der Waals surface area contributed by atoms with Gasteiger partial charge in [0.25, 0.3) is 0 Å². The van der Waals surface area contributed by atoms with Gasteiger partial charge in [0.1, 0.15) is 0 Å². The molecule has 0 atom stereocenters. The van der Waals surface area contributed by atoms with Crippen molar-refractivity contribution in [2.75, 3.05) is 26.4 Å². The maximum Gasteiger partial charge on any atom is 0.0431 e. The molecule has 0 unspecified atom stereocenters. The van der Waals surface area contributed by atoms with Crippen LogP contribution in [0.1, 0.15) is 109 Å². The van der Waals surface area contributed by atoms with Crippen molar-refractivity contribution in [2.45, 2.75) is 109 Å². The number of aliphatic hydroxyl groups excluding tert-OH is 4. The van der Waals surface area contributed by atoms with Crippen LogP contribution >= 0.6 is 0 Å². The van der Waals surface area contributed by atoms with Crippen molar-refractivity contribution in [1.29, 1.82) is 0 Å². The van der Waals surface area contributed by atoms with Gasteiger partial charge in [-0.05, 0) is 25.7 Å². The molecule has 4 heteroatoms. The summed E-state index contributed by atoms with van der Waals surface area (Å²) in [5, 5.41) is 34.1. The molecule has 0 spiro atoms. The molecule has 0 rings (SSSR count). The number of aliphatic hydroxyl groups is 4. The Balaban J connectivity index is 0. The van der Waals surface area contributed by atoms with E-state index in [0.717, 1.165) is 38.5 Å². The van der Waals surface area contributed by atoms with Crippen LogP contribution in [0, 0.1) is 0 Å². The number of hydrogen-bond donors (Lipinski definition) is 4. The fourth-order valence-electron chi connectivity index (χ4n) is 2.75. The molecule has 154 valence electrons. The van der Waals surface area contributed by atoms with Gasteiger partial charge in [0.15, 0.2) is 0 Å². The molecule has 0 amide bonds. The molecule has 0 heterocycles. The molecular formula is C21H46O4. The van der Waals surface area contributed by atoms with E-state index >= 15 is 0 Å². The third-order valence-electron chi connectivity index (χ3n) is 4.38. The van der Waals surface area contributed by atoms with Crippen LogP contribution in [-0.4, -0.2) is 46.9 Å². The van der Waals surface area contributed by atoms with Crippen molar-refractivity contribution in [2.24, 2.45) is 0 Å². The molecule has 0 aromatic carbocycles. The van der Waals surface area contributed by atoms with Gasteiger partial charge in [0.05, 0.1) is 0 Å². The van der Waals surface area contributed by atoms with Crippen LogP contribution in [0.5, 0.6) is 0 Å². The Morgan fingerprint density at radius 2 is 0.320 bits per heavy atom. The summed E-state index contributed by atoms with van der Waals surface area (Å²) < 4.78 is 0. The smallest absolute Gasteiger partial charge is 0.0431 e. The van der Waals surface area contributed by atoms with E-state index < -0.39 is 0 Å². The highest BCUT2D eigenvalue weighted by atomic mass is 16.3. The highest BCUT2D eigenvalue weighted by Crippen LogP contribution is 2.09. The second-order valence-electron chi connectivity index (χ2n) is 6.90. The lowest BCUT2D eigenvalue weighted by molar-refractivity contribution is 0.279. The van der Waals surface area contributed by atoms with E-state index in [1.165, 1.54) is 70.6 Å². The topological polar surface area (TPSA) is 80.9 Å². The van der Waals surface area contributed by atoms with Crippen LogP contribution in [0.25, 0.3) is 0 Å². The number of unbranched alkanes of at least 4 members (excludes halogenated alkanes) is 15. The molecule has 0 aromatic heterocycles. The van der Waals surface area contributed by atoms with Gasteiger partial charge in [-0.25, -0.2) is 0 Å². The van der Waals surface area contributed by atoms with Crippen LogP contribution in [0.15, 0.2) is 0 Å². The van der Waals surface area contributed by atoms with Crippen molar-refractivity contribution in [3.05, 3.63) is 0 Å². The molecular weight excluding hydrogens is 316 g/mol. The summed E-state index contributed by atoms with van der Waals surface area (Å²) in [5.41, 5.74) is 0. The van der Waals surface area contributed by atoms with Gasteiger partial charge >= 0.3 is 0 Å². The Kier molecular flexibility index (Phi) is 31.0. The Morgan fingerprint density at radius 3 is 0.440 bits per heavy atom. The summed E-state index contributed by atoms with van der Waals surface area (Å²) >= 11 is 0. The van der Waals surface area contributed by atoms with E-state index in [0.29, 0.717) is 26.4 Å². The summed E-state index contributed by atoms with van der Waals surface area (Å²) in [5.74, 6) is 0. The minimum Gasteiger partial charge on any atom is -0.396 e. The highest BCUT2D eigenvalue weighted by Gasteiger charge is 1.92. The Labute approximate surface area is 156 Å². The van der Waals surface area contributed by atoms with Crippen molar-refractivity contribution in [3.8, 4) is 0 Å². The first-order valence-electron chi connectivity index (χ1n) is 10.8. The number of hydrogen-bond acceptors (Lipinski definition) is 4. The normalized spacial score (nSPS) is 10.6. The largest absolute Gasteiger partial charge is 0.396 e. The van der Waals surface area contributed by atoms with Gasteiger partial charge < -0.3 is 20.4 Å². The first-order chi connectivity index (χ1) is 12.3. The maximum absolute atomic E-state index is 8.54. The van der Waals surface area contributed by atoms with Gasteiger partial charge in [0, 0.05) is 26.4 Å². The van der Waals surface area contributed by atoms with Crippen molar-refractivity contribution in [3.63, 3.8) is 0 Å². The standard InChI is InChI=1S/C11H24O2.C10H22O2/c12-10-8-6-4-2-1-3-5-7-9-11-13;11-9-7-5-3-1-2-4-6-8-10-12/h12-13H,1-11H2;11-12H,1-10H2. The lowest BCUT2D eigenvalue weighted by Gasteiger charge is -2.00. The monoisotopic (exact) mass is 362 g/mol. The minimum atomic E-state index is 0.338. The van der Waals surface area contributed by atoms with E-state index in [1.54, 1.807) is 0 Å². The molecule has 25 heavy (non-hydrogen) atoms. The Bertz CT molecular complexity index is 180. The molecule has 0 saturated carbocycles. The van der Waals surface area contributed by atoms with Crippen molar-refractivity contribution in [1.82, 2.24) is 0 Å². The molecule has 4 nitrogen and oxygen atoms in total. The van der Waals surface area contributed by atoms with E-state index in [4.69, 9.17) is 20.4 Å². The SMILES string of the molecule is OCCCCCCCCCCCO.OCCCCCCCCCCO. The summed E-state index contributed by atoms with van der Waals surface area (Å²) in [4.78, 5) is 0. The fourth-order valence-corrected chi connectivity index (χ4v) is 2.75. The zero-order valence-electron chi connectivity index (χ0n) is 16.6. The maximum atomic E-state index is 8.54. The van der Waals surface area contributed by atoms with Gasteiger partial charge in [0.2, 0.25) is 0 Å². The van der Waals surface area contributed by atoms with Crippen molar-refractivity contribution < 1.29 is 20.4 Å². The zero-order valence-corrected chi connectivity index (χ0v) is 16.6. The Hall–Kier alpha value is -0.160. The third kappa shape index (κ3) is 32.0. The van der Waals surface area contributed by atoms with E-state index in [9.17, 15) is 0 Å². The minimum absolute atomic E-state index is 0.338. The highest BCUT2D eigenvalue weighted by molar-refractivity contribution is 4.47. The predicted octanol–water partition coefficient (Wildman–Crippen LogP) is 4.57. The molecule has 0 bridgehead atoms. The molecule has 0 aliphatic carbocycles. The van der Waals surface area contributed by atoms with Crippen molar-refractivity contribution >= 4 is 0 Å². The first kappa shape index (κ1) is 27.1. The lowest BCUT2D eigenvalue weighted by Crippen LogP contribution is -1.85. The van der Waals surface area contributed by atoms with E-state index in [1.807, 2.05) is 0 Å². The zero-order chi connectivity index (χ0) is 18.8. The molecule has 0 radical (unpaired) electrons. The van der Waals surface area contributed by atoms with Gasteiger partial charge in [-0.2, -0.15) is 0 Å². The average Bonchev–Trinajstić information content (AvgIpc) is 2.63. The molecule has 0 saturated heterocycles. The quantitative estimate of drug-likeness (QED) is 0.254. The van der Waals surface area contributed by atoms with Crippen LogP contribution in [0.3, 0.4) is 0 Å². The molecule has 4 N–H and O–H groups in total. The van der Waals surface area contributed by atoms with Gasteiger partial charge in [-0.15, -0.1) is 0 Å². The Morgan fingerprint density at radius 1 is 0.200 bits per heavy atom. The lowest BCUT2D eigenvalue weighted by atomic mass is 10.1. The van der Waals surface area contributed by atoms with Crippen LogP contribution in [0.4, 0.5) is 0 Å². The molecule has 0 fully saturated rings. The molecule has 0 aliphatic rings. The van der Waals surface area contributed by atoms with Gasteiger partial charge in [-0.3, -0.25) is 0 Å². The summed E-state index contributed by atoms with van der Waals surface area (Å²) in [6.07, 6.45) is 20.0. The number of rotatable bonds is 19. The molecule has 0 aromatic rings. The van der Waals surface area contributed by atoms with E-state index in [-0.39, 0.29) is 0 Å². The predicted molar refractivity (Wildman–Crippen MR) is 107 cm³/mol. The molecule has 0 aliphatic heterocycles.